The van der Waals surface area contributed by atoms with Gasteiger partial charge in [0.25, 0.3) is 6.01 Å². The molecule has 4 aromatic rings. The molecule has 0 amide bonds. The molecule has 4 rings (SSSR count). The third-order valence-corrected chi connectivity index (χ3v) is 5.07. The highest BCUT2D eigenvalue weighted by Crippen LogP contribution is 2.34. The van der Waals surface area contributed by atoms with Gasteiger partial charge in [-0.3, -0.25) is 4.79 Å². The Balaban J connectivity index is 1.68. The summed E-state index contributed by atoms with van der Waals surface area (Å²) in [5.74, 6) is 1.32. The summed E-state index contributed by atoms with van der Waals surface area (Å²) in [4.78, 5) is 19.4. The Bertz CT molecular complexity index is 1210. The summed E-state index contributed by atoms with van der Waals surface area (Å²) in [6.07, 6.45) is 0. The van der Waals surface area contributed by atoms with Gasteiger partial charge in [0.2, 0.25) is 0 Å². The second-order valence-corrected chi connectivity index (χ2v) is 7.16. The second-order valence-electron chi connectivity index (χ2n) is 6.75. The van der Waals surface area contributed by atoms with Crippen molar-refractivity contribution in [2.24, 2.45) is 0 Å². The number of H-pyrrole nitrogens is 1. The predicted molar refractivity (Wildman–Crippen MR) is 114 cm³/mol. The SMILES string of the molecule is COc1ccc(-c2cc3nc(Oc4ccc(C)c(C(C)=O)c4)[nH]c3cc2Cl)cc1. The van der Waals surface area contributed by atoms with E-state index in [4.69, 9.17) is 21.1 Å². The van der Waals surface area contributed by atoms with Gasteiger partial charge < -0.3 is 14.5 Å². The van der Waals surface area contributed by atoms with Gasteiger partial charge in [0.15, 0.2) is 5.78 Å². The number of aryl methyl sites for hydroxylation is 1. The fourth-order valence-electron chi connectivity index (χ4n) is 3.20. The highest BCUT2D eigenvalue weighted by atomic mass is 35.5. The van der Waals surface area contributed by atoms with Crippen LogP contribution in [0.5, 0.6) is 17.5 Å². The van der Waals surface area contributed by atoms with E-state index in [0.29, 0.717) is 22.3 Å². The standard InChI is InChI=1S/C23H19ClN2O3/c1-13-4-7-17(10-18(13)14(2)27)29-23-25-21-11-19(20(24)12-22(21)26-23)15-5-8-16(28-3)9-6-15/h4-12H,1-3H3,(H,25,26). The zero-order chi connectivity index (χ0) is 20.5. The van der Waals surface area contributed by atoms with Crippen LogP contribution in [0.2, 0.25) is 5.02 Å². The Labute approximate surface area is 173 Å². The Hall–Kier alpha value is -3.31. The quantitative estimate of drug-likeness (QED) is 0.401. The maximum atomic E-state index is 11.8. The molecule has 0 spiro atoms. The maximum absolute atomic E-state index is 11.8. The van der Waals surface area contributed by atoms with Gasteiger partial charge in [0.1, 0.15) is 11.5 Å². The second kappa shape index (κ2) is 7.60. The van der Waals surface area contributed by atoms with Crippen molar-refractivity contribution in [3.63, 3.8) is 0 Å². The summed E-state index contributed by atoms with van der Waals surface area (Å²) in [5, 5.41) is 0.604. The Morgan fingerprint density at radius 2 is 1.76 bits per heavy atom. The van der Waals surface area contributed by atoms with Crippen molar-refractivity contribution in [2.75, 3.05) is 7.11 Å². The fourth-order valence-corrected chi connectivity index (χ4v) is 3.48. The molecule has 3 aromatic carbocycles. The van der Waals surface area contributed by atoms with E-state index in [9.17, 15) is 4.79 Å². The zero-order valence-corrected chi connectivity index (χ0v) is 17.0. The molecule has 1 heterocycles. The van der Waals surface area contributed by atoms with Crippen LogP contribution in [0.4, 0.5) is 0 Å². The first-order chi connectivity index (χ1) is 13.9. The molecule has 29 heavy (non-hydrogen) atoms. The van der Waals surface area contributed by atoms with Crippen molar-refractivity contribution in [1.29, 1.82) is 0 Å². The molecular formula is C23H19ClN2O3. The Kier molecular flexibility index (Phi) is 4.99. The lowest BCUT2D eigenvalue weighted by molar-refractivity contribution is 0.101. The molecule has 0 radical (unpaired) electrons. The van der Waals surface area contributed by atoms with E-state index >= 15 is 0 Å². The van der Waals surface area contributed by atoms with Gasteiger partial charge >= 0.3 is 0 Å². The van der Waals surface area contributed by atoms with Crippen molar-refractivity contribution in [3.8, 4) is 28.6 Å². The van der Waals surface area contributed by atoms with Gasteiger partial charge in [0.05, 0.1) is 23.2 Å². The van der Waals surface area contributed by atoms with E-state index in [-0.39, 0.29) is 5.78 Å². The minimum Gasteiger partial charge on any atom is -0.497 e. The molecular weight excluding hydrogens is 388 g/mol. The van der Waals surface area contributed by atoms with Gasteiger partial charge in [-0.2, -0.15) is 4.98 Å². The zero-order valence-electron chi connectivity index (χ0n) is 16.2. The van der Waals surface area contributed by atoms with Crippen molar-refractivity contribution >= 4 is 28.4 Å². The van der Waals surface area contributed by atoms with E-state index in [1.807, 2.05) is 55.5 Å². The molecule has 0 aliphatic rings. The number of ether oxygens (including phenoxy) is 2. The average Bonchev–Trinajstić information content (AvgIpc) is 3.09. The number of nitrogens with one attached hydrogen (secondary N) is 1. The molecule has 0 aliphatic heterocycles. The summed E-state index contributed by atoms with van der Waals surface area (Å²) in [6, 6.07) is 17.1. The highest BCUT2D eigenvalue weighted by Gasteiger charge is 2.12. The number of fused-ring (bicyclic) bond motifs is 1. The molecule has 0 atom stereocenters. The fraction of sp³-hybridized carbons (Fsp3) is 0.130. The first-order valence-electron chi connectivity index (χ1n) is 9.08. The van der Waals surface area contributed by atoms with Gasteiger partial charge in [-0.25, -0.2) is 0 Å². The number of imidazole rings is 1. The van der Waals surface area contributed by atoms with Crippen LogP contribution in [0, 0.1) is 6.92 Å². The lowest BCUT2D eigenvalue weighted by Gasteiger charge is -2.06. The number of rotatable bonds is 5. The van der Waals surface area contributed by atoms with Crippen LogP contribution in [0.1, 0.15) is 22.8 Å². The number of hydrogen-bond acceptors (Lipinski definition) is 4. The lowest BCUT2D eigenvalue weighted by atomic mass is 10.0. The van der Waals surface area contributed by atoms with Crippen LogP contribution in [-0.4, -0.2) is 22.9 Å². The number of carbonyl (C=O) groups is 1. The minimum absolute atomic E-state index is 0.00605. The number of aromatic amines is 1. The van der Waals surface area contributed by atoms with Crippen molar-refractivity contribution in [2.45, 2.75) is 13.8 Å². The number of methoxy groups -OCH3 is 1. The maximum Gasteiger partial charge on any atom is 0.300 e. The summed E-state index contributed by atoms with van der Waals surface area (Å²) < 4.78 is 11.1. The van der Waals surface area contributed by atoms with Crippen LogP contribution < -0.4 is 9.47 Å². The first kappa shape index (κ1) is 19.0. The van der Waals surface area contributed by atoms with E-state index in [1.165, 1.54) is 6.92 Å². The molecule has 0 unspecified atom stereocenters. The van der Waals surface area contributed by atoms with E-state index in [1.54, 1.807) is 13.2 Å². The van der Waals surface area contributed by atoms with Gasteiger partial charge in [-0.05, 0) is 61.4 Å². The molecule has 0 bridgehead atoms. The molecule has 6 heteroatoms. The van der Waals surface area contributed by atoms with Crippen molar-refractivity contribution in [1.82, 2.24) is 9.97 Å². The van der Waals surface area contributed by atoms with Crippen LogP contribution in [0.25, 0.3) is 22.2 Å². The third-order valence-electron chi connectivity index (χ3n) is 4.75. The van der Waals surface area contributed by atoms with E-state index in [0.717, 1.165) is 33.5 Å². The van der Waals surface area contributed by atoms with E-state index < -0.39 is 0 Å². The topological polar surface area (TPSA) is 64.2 Å². The lowest BCUT2D eigenvalue weighted by Crippen LogP contribution is -1.97. The van der Waals surface area contributed by atoms with Crippen LogP contribution >= 0.6 is 11.6 Å². The average molecular weight is 407 g/mol. The Morgan fingerprint density at radius 1 is 1.03 bits per heavy atom. The van der Waals surface area contributed by atoms with Crippen LogP contribution in [-0.2, 0) is 0 Å². The van der Waals surface area contributed by atoms with Crippen molar-refractivity contribution < 1.29 is 14.3 Å². The van der Waals surface area contributed by atoms with E-state index in [2.05, 4.69) is 9.97 Å². The third kappa shape index (κ3) is 3.82. The monoisotopic (exact) mass is 406 g/mol. The number of benzene rings is 3. The number of halogens is 1. The number of aromatic nitrogens is 2. The minimum atomic E-state index is -0.00605. The summed E-state index contributed by atoms with van der Waals surface area (Å²) >= 11 is 6.50. The van der Waals surface area contributed by atoms with Crippen LogP contribution in [0.3, 0.4) is 0 Å². The molecule has 1 aromatic heterocycles. The van der Waals surface area contributed by atoms with Crippen molar-refractivity contribution in [3.05, 3.63) is 70.7 Å². The smallest absolute Gasteiger partial charge is 0.300 e. The molecule has 0 saturated heterocycles. The van der Waals surface area contributed by atoms with Gasteiger partial charge in [-0.1, -0.05) is 29.8 Å². The summed E-state index contributed by atoms with van der Waals surface area (Å²) in [5.41, 5.74) is 4.87. The first-order valence-corrected chi connectivity index (χ1v) is 9.45. The predicted octanol–water partition coefficient (Wildman–Crippen LogP) is 6.20. The number of carbonyl (C=O) groups excluding carboxylic acids is 1. The summed E-state index contributed by atoms with van der Waals surface area (Å²) in [7, 11) is 1.63. The normalized spacial score (nSPS) is 10.9. The van der Waals surface area contributed by atoms with Crippen LogP contribution in [0.15, 0.2) is 54.6 Å². The molecule has 0 saturated carbocycles. The number of nitrogens with zero attached hydrogens (tertiary/aromatic N) is 1. The number of hydrogen-bond donors (Lipinski definition) is 1. The Morgan fingerprint density at radius 3 is 2.45 bits per heavy atom. The molecule has 5 nitrogen and oxygen atoms in total. The molecule has 0 fully saturated rings. The van der Waals surface area contributed by atoms with Gasteiger partial charge in [0, 0.05) is 11.1 Å². The van der Waals surface area contributed by atoms with Gasteiger partial charge in [-0.15, -0.1) is 0 Å². The highest BCUT2D eigenvalue weighted by molar-refractivity contribution is 6.34. The summed E-state index contributed by atoms with van der Waals surface area (Å²) in [6.45, 7) is 3.43. The molecule has 146 valence electrons. The number of ketones is 1. The largest absolute Gasteiger partial charge is 0.497 e. The molecule has 1 N–H and O–H groups in total. The molecule has 0 aliphatic carbocycles. The number of Topliss-reactive ketones (excluding diaryl/α,β-unsaturated/α-hetero) is 1.